The van der Waals surface area contributed by atoms with Crippen molar-refractivity contribution in [1.29, 1.82) is 0 Å². The molecule has 1 aromatic carbocycles. The lowest BCUT2D eigenvalue weighted by molar-refractivity contribution is -0.144. The lowest BCUT2D eigenvalue weighted by Crippen LogP contribution is -2.41. The molecule has 1 aromatic rings. The van der Waals surface area contributed by atoms with E-state index in [0.717, 1.165) is 15.8 Å². The zero-order chi connectivity index (χ0) is 17.2. The Bertz CT molecular complexity index is 577. The Labute approximate surface area is 148 Å². The number of nitrogens with one attached hydrogen (secondary N) is 1. The molecule has 1 rings (SSSR count). The quantitative estimate of drug-likeness (QED) is 0.535. The molecule has 0 aliphatic rings. The van der Waals surface area contributed by atoms with Crippen LogP contribution >= 0.6 is 27.7 Å². The van der Waals surface area contributed by atoms with Crippen molar-refractivity contribution in [3.05, 3.63) is 34.3 Å². The number of halogens is 1. The summed E-state index contributed by atoms with van der Waals surface area (Å²) in [7, 11) is 2.87. The Balaban J connectivity index is 2.77. The van der Waals surface area contributed by atoms with Crippen molar-refractivity contribution in [2.45, 2.75) is 12.5 Å². The third-order valence-corrected chi connectivity index (χ3v) is 4.16. The second kappa shape index (κ2) is 10.3. The zero-order valence-corrected chi connectivity index (χ0v) is 15.7. The first-order chi connectivity index (χ1) is 11.0. The van der Waals surface area contributed by atoms with E-state index >= 15 is 0 Å². The summed E-state index contributed by atoms with van der Waals surface area (Å²) in [5.74, 6) is 0.608. The third kappa shape index (κ3) is 6.66. The Morgan fingerprint density at radius 2 is 2.13 bits per heavy atom. The summed E-state index contributed by atoms with van der Waals surface area (Å²) < 4.78 is 10.8. The smallest absolute Gasteiger partial charge is 0.328 e. The Morgan fingerprint density at radius 3 is 2.74 bits per heavy atom. The molecule has 1 atom stereocenters. The molecule has 1 N–H and O–H groups in total. The van der Waals surface area contributed by atoms with E-state index in [1.807, 2.05) is 18.4 Å². The van der Waals surface area contributed by atoms with Gasteiger partial charge >= 0.3 is 5.97 Å². The maximum Gasteiger partial charge on any atom is 0.328 e. The topological polar surface area (TPSA) is 64.6 Å². The van der Waals surface area contributed by atoms with Crippen molar-refractivity contribution in [2.75, 3.05) is 26.2 Å². The van der Waals surface area contributed by atoms with Crippen LogP contribution in [0.4, 0.5) is 0 Å². The van der Waals surface area contributed by atoms with Crippen LogP contribution in [0.15, 0.2) is 28.7 Å². The van der Waals surface area contributed by atoms with E-state index in [4.69, 9.17) is 9.47 Å². The summed E-state index contributed by atoms with van der Waals surface area (Å²) in [5, 5.41) is 2.66. The number of thioether (sulfide) groups is 1. The van der Waals surface area contributed by atoms with Crippen LogP contribution in [0.1, 0.15) is 12.0 Å². The van der Waals surface area contributed by atoms with E-state index in [1.165, 1.54) is 13.2 Å². The molecule has 0 saturated heterocycles. The summed E-state index contributed by atoms with van der Waals surface area (Å²) in [4.78, 5) is 23.7. The molecule has 0 saturated carbocycles. The Kier molecular flexibility index (Phi) is 8.79. The highest BCUT2D eigenvalue weighted by molar-refractivity contribution is 9.10. The first kappa shape index (κ1) is 19.6. The largest absolute Gasteiger partial charge is 0.496 e. The van der Waals surface area contributed by atoms with Gasteiger partial charge in [-0.1, -0.05) is 15.9 Å². The molecule has 5 nitrogen and oxygen atoms in total. The van der Waals surface area contributed by atoms with Crippen LogP contribution in [-0.2, 0) is 14.3 Å². The van der Waals surface area contributed by atoms with Gasteiger partial charge in [0.15, 0.2) is 0 Å². The molecular formula is C16H20BrNO4S. The van der Waals surface area contributed by atoms with Crippen LogP contribution < -0.4 is 10.1 Å². The van der Waals surface area contributed by atoms with Gasteiger partial charge in [0, 0.05) is 16.1 Å². The molecule has 0 aliphatic heterocycles. The van der Waals surface area contributed by atoms with Crippen LogP contribution in [0, 0.1) is 0 Å². The van der Waals surface area contributed by atoms with Gasteiger partial charge in [-0.05, 0) is 42.7 Å². The molecule has 0 radical (unpaired) electrons. The number of amides is 1. The standard InChI is InChI=1S/C16H20BrNO4S/c1-21-14-6-5-12(17)10-11(14)4-7-15(19)18-13(8-9-23-3)16(20)22-2/h4-7,10,13H,8-9H2,1-3H3,(H,18,19)/b7-4+/t13-/m0/s1. The molecule has 23 heavy (non-hydrogen) atoms. The first-order valence-electron chi connectivity index (χ1n) is 6.90. The van der Waals surface area contributed by atoms with Crippen LogP contribution in [0.5, 0.6) is 5.75 Å². The predicted molar refractivity (Wildman–Crippen MR) is 96.7 cm³/mol. The lowest BCUT2D eigenvalue weighted by Gasteiger charge is -2.14. The molecule has 0 heterocycles. The minimum absolute atomic E-state index is 0.358. The average molecular weight is 402 g/mol. The van der Waals surface area contributed by atoms with Gasteiger partial charge in [-0.2, -0.15) is 11.8 Å². The molecule has 126 valence electrons. The van der Waals surface area contributed by atoms with Crippen LogP contribution in [0.3, 0.4) is 0 Å². The Hall–Kier alpha value is -1.47. The maximum atomic E-state index is 12.0. The van der Waals surface area contributed by atoms with Gasteiger partial charge in [0.1, 0.15) is 11.8 Å². The molecule has 0 aliphatic carbocycles. The van der Waals surface area contributed by atoms with Crippen molar-refractivity contribution >= 4 is 45.6 Å². The fraction of sp³-hybridized carbons (Fsp3) is 0.375. The fourth-order valence-corrected chi connectivity index (χ4v) is 2.70. The van der Waals surface area contributed by atoms with Gasteiger partial charge in [-0.25, -0.2) is 4.79 Å². The van der Waals surface area contributed by atoms with Crippen molar-refractivity contribution in [3.63, 3.8) is 0 Å². The molecule has 0 unspecified atom stereocenters. The Morgan fingerprint density at radius 1 is 1.39 bits per heavy atom. The monoisotopic (exact) mass is 401 g/mol. The zero-order valence-electron chi connectivity index (χ0n) is 13.3. The number of ether oxygens (including phenoxy) is 2. The first-order valence-corrected chi connectivity index (χ1v) is 9.09. The normalized spacial score (nSPS) is 12.0. The summed E-state index contributed by atoms with van der Waals surface area (Å²) in [6.07, 6.45) is 5.48. The SMILES string of the molecule is COC(=O)[C@H](CCSC)NC(=O)/C=C/c1cc(Br)ccc1OC. The number of carbonyl (C=O) groups excluding carboxylic acids is 2. The van der Waals surface area contributed by atoms with Gasteiger partial charge < -0.3 is 14.8 Å². The third-order valence-electron chi connectivity index (χ3n) is 3.02. The number of carbonyl (C=O) groups is 2. The van der Waals surface area contributed by atoms with Crippen molar-refractivity contribution < 1.29 is 19.1 Å². The molecule has 0 bridgehead atoms. The number of hydrogen-bond acceptors (Lipinski definition) is 5. The van der Waals surface area contributed by atoms with Gasteiger partial charge in [0.05, 0.1) is 14.2 Å². The molecule has 0 aromatic heterocycles. The second-order valence-electron chi connectivity index (χ2n) is 4.59. The van der Waals surface area contributed by atoms with Crippen molar-refractivity contribution in [1.82, 2.24) is 5.32 Å². The minimum Gasteiger partial charge on any atom is -0.496 e. The van der Waals surface area contributed by atoms with Crippen molar-refractivity contribution in [3.8, 4) is 5.75 Å². The highest BCUT2D eigenvalue weighted by Crippen LogP contribution is 2.24. The molecule has 0 spiro atoms. The molecular weight excluding hydrogens is 382 g/mol. The minimum atomic E-state index is -0.644. The van der Waals surface area contributed by atoms with E-state index in [-0.39, 0.29) is 5.91 Å². The van der Waals surface area contributed by atoms with E-state index in [0.29, 0.717) is 12.2 Å². The highest BCUT2D eigenvalue weighted by atomic mass is 79.9. The van der Waals surface area contributed by atoms with E-state index in [9.17, 15) is 9.59 Å². The summed E-state index contributed by atoms with van der Waals surface area (Å²) in [6, 6.07) is 4.85. The van der Waals surface area contributed by atoms with Crippen LogP contribution in [0.25, 0.3) is 6.08 Å². The lowest BCUT2D eigenvalue weighted by atomic mass is 10.2. The van der Waals surface area contributed by atoms with E-state index in [1.54, 1.807) is 31.0 Å². The van der Waals surface area contributed by atoms with Gasteiger partial charge in [0.25, 0.3) is 0 Å². The molecule has 0 fully saturated rings. The number of methoxy groups -OCH3 is 2. The molecule has 7 heteroatoms. The highest BCUT2D eigenvalue weighted by Gasteiger charge is 2.19. The van der Waals surface area contributed by atoms with Gasteiger partial charge in [-0.3, -0.25) is 4.79 Å². The fourth-order valence-electron chi connectivity index (χ4n) is 1.85. The summed E-state index contributed by atoms with van der Waals surface area (Å²) in [5.41, 5.74) is 0.760. The van der Waals surface area contributed by atoms with E-state index in [2.05, 4.69) is 21.2 Å². The van der Waals surface area contributed by atoms with Crippen LogP contribution in [0.2, 0.25) is 0 Å². The van der Waals surface area contributed by atoms with Crippen LogP contribution in [-0.4, -0.2) is 44.1 Å². The number of esters is 1. The summed E-state index contributed by atoms with van der Waals surface area (Å²) >= 11 is 4.98. The average Bonchev–Trinajstić information content (AvgIpc) is 2.56. The number of hydrogen-bond donors (Lipinski definition) is 1. The number of benzene rings is 1. The maximum absolute atomic E-state index is 12.0. The van der Waals surface area contributed by atoms with Gasteiger partial charge in [-0.15, -0.1) is 0 Å². The predicted octanol–water partition coefficient (Wildman–Crippen LogP) is 2.88. The van der Waals surface area contributed by atoms with Gasteiger partial charge in [0.2, 0.25) is 5.91 Å². The molecule has 1 amide bonds. The van der Waals surface area contributed by atoms with Crippen molar-refractivity contribution in [2.24, 2.45) is 0 Å². The number of rotatable bonds is 8. The van der Waals surface area contributed by atoms with E-state index < -0.39 is 12.0 Å². The second-order valence-corrected chi connectivity index (χ2v) is 6.49. The summed E-state index contributed by atoms with van der Waals surface area (Å²) in [6.45, 7) is 0.